The number of rotatable bonds is 6. The Morgan fingerprint density at radius 3 is 2.74 bits per heavy atom. The Kier molecular flexibility index (Phi) is 4.13. The number of nitrogens with zero attached hydrogens (tertiary/aromatic N) is 1. The topological polar surface area (TPSA) is 125 Å². The molecule has 0 spiro atoms. The Bertz CT molecular complexity index is 722. The molecule has 1 saturated carbocycles. The number of hydrogen-bond donors (Lipinski definition) is 5. The Labute approximate surface area is 132 Å². The van der Waals surface area contributed by atoms with Gasteiger partial charge in [-0.05, 0) is 31.0 Å². The van der Waals surface area contributed by atoms with Gasteiger partial charge in [-0.2, -0.15) is 5.10 Å². The summed E-state index contributed by atoms with van der Waals surface area (Å²) >= 11 is 0. The second kappa shape index (κ2) is 6.39. The average Bonchev–Trinajstić information content (AvgIpc) is 3.26. The van der Waals surface area contributed by atoms with Crippen molar-refractivity contribution in [3.63, 3.8) is 0 Å². The number of primary amides is 1. The van der Waals surface area contributed by atoms with Crippen LogP contribution in [0.5, 0.6) is 0 Å². The van der Waals surface area contributed by atoms with Gasteiger partial charge in [-0.1, -0.05) is 6.07 Å². The van der Waals surface area contributed by atoms with Gasteiger partial charge >= 0.3 is 6.03 Å². The molecule has 8 heteroatoms. The standard InChI is InChI=1S/C15H18N6O2/c16-13(22)8-17-10-2-1-3-11(6-10)18-15(23)19-14-7-12(20-21-14)9-4-5-9/h1-3,6-7,9,17H,4-5,8H2,(H2,16,22)(H3,18,19,20,21,23). The lowest BCUT2D eigenvalue weighted by Crippen LogP contribution is -2.22. The van der Waals surface area contributed by atoms with Crippen molar-refractivity contribution in [3.05, 3.63) is 36.0 Å². The summed E-state index contributed by atoms with van der Waals surface area (Å²) < 4.78 is 0. The number of amides is 3. The number of hydrogen-bond acceptors (Lipinski definition) is 4. The molecule has 0 aliphatic heterocycles. The van der Waals surface area contributed by atoms with E-state index in [1.54, 1.807) is 24.3 Å². The molecule has 8 nitrogen and oxygen atoms in total. The third-order valence-corrected chi connectivity index (χ3v) is 3.43. The van der Waals surface area contributed by atoms with Crippen molar-refractivity contribution < 1.29 is 9.59 Å². The molecule has 3 amide bonds. The summed E-state index contributed by atoms with van der Waals surface area (Å²) in [7, 11) is 0. The van der Waals surface area contributed by atoms with Crippen LogP contribution in [0.25, 0.3) is 0 Å². The van der Waals surface area contributed by atoms with E-state index in [2.05, 4.69) is 26.1 Å². The van der Waals surface area contributed by atoms with E-state index in [-0.39, 0.29) is 12.6 Å². The van der Waals surface area contributed by atoms with Crippen LogP contribution in [0, 0.1) is 0 Å². The fourth-order valence-electron chi connectivity index (χ4n) is 2.17. The third-order valence-electron chi connectivity index (χ3n) is 3.43. The van der Waals surface area contributed by atoms with Crippen molar-refractivity contribution in [1.82, 2.24) is 10.2 Å². The summed E-state index contributed by atoms with van der Waals surface area (Å²) in [6.45, 7) is 0.0355. The predicted molar refractivity (Wildman–Crippen MR) is 87.3 cm³/mol. The van der Waals surface area contributed by atoms with Gasteiger partial charge in [0.15, 0.2) is 0 Å². The normalized spacial score (nSPS) is 13.4. The zero-order valence-corrected chi connectivity index (χ0v) is 12.4. The summed E-state index contributed by atoms with van der Waals surface area (Å²) in [6, 6.07) is 8.48. The largest absolute Gasteiger partial charge is 0.376 e. The number of anilines is 3. The highest BCUT2D eigenvalue weighted by Crippen LogP contribution is 2.39. The Morgan fingerprint density at radius 2 is 2.00 bits per heavy atom. The highest BCUT2D eigenvalue weighted by molar-refractivity contribution is 5.99. The maximum Gasteiger partial charge on any atom is 0.324 e. The number of urea groups is 1. The van der Waals surface area contributed by atoms with E-state index in [1.165, 1.54) is 0 Å². The highest BCUT2D eigenvalue weighted by Gasteiger charge is 2.26. The quantitative estimate of drug-likeness (QED) is 0.557. The minimum absolute atomic E-state index is 0.0355. The first-order chi connectivity index (χ1) is 11.1. The summed E-state index contributed by atoms with van der Waals surface area (Å²) in [5.41, 5.74) is 7.36. The van der Waals surface area contributed by atoms with Crippen molar-refractivity contribution in [1.29, 1.82) is 0 Å². The molecule has 1 aromatic heterocycles. The van der Waals surface area contributed by atoms with E-state index in [1.807, 2.05) is 6.07 Å². The van der Waals surface area contributed by atoms with Crippen LogP contribution in [0.2, 0.25) is 0 Å². The molecule has 0 atom stereocenters. The van der Waals surface area contributed by atoms with Gasteiger partial charge in [0, 0.05) is 23.4 Å². The summed E-state index contributed by atoms with van der Waals surface area (Å²) in [5, 5.41) is 15.3. The lowest BCUT2D eigenvalue weighted by atomic mass is 10.2. The molecule has 1 aliphatic rings. The van der Waals surface area contributed by atoms with E-state index in [9.17, 15) is 9.59 Å². The van der Waals surface area contributed by atoms with Crippen LogP contribution in [-0.4, -0.2) is 28.7 Å². The molecule has 6 N–H and O–H groups in total. The second-order valence-electron chi connectivity index (χ2n) is 5.46. The molecule has 2 aromatic rings. The first-order valence-corrected chi connectivity index (χ1v) is 7.36. The molecule has 23 heavy (non-hydrogen) atoms. The molecule has 1 aromatic carbocycles. The molecule has 1 aliphatic carbocycles. The minimum Gasteiger partial charge on any atom is -0.376 e. The SMILES string of the molecule is NC(=O)CNc1cccc(NC(=O)Nc2cc(C3CC3)n[nH]2)c1. The van der Waals surface area contributed by atoms with Crippen molar-refractivity contribution in [3.8, 4) is 0 Å². The average molecular weight is 314 g/mol. The van der Waals surface area contributed by atoms with Crippen LogP contribution in [0.1, 0.15) is 24.5 Å². The number of carbonyl (C=O) groups is 2. The highest BCUT2D eigenvalue weighted by atomic mass is 16.2. The number of benzene rings is 1. The lowest BCUT2D eigenvalue weighted by molar-refractivity contribution is -0.116. The number of aromatic amines is 1. The molecule has 0 radical (unpaired) electrons. The number of H-pyrrole nitrogens is 1. The fourth-order valence-corrected chi connectivity index (χ4v) is 2.17. The van der Waals surface area contributed by atoms with Crippen LogP contribution >= 0.6 is 0 Å². The Hall–Kier alpha value is -3.03. The van der Waals surface area contributed by atoms with Crippen molar-refractivity contribution in [2.45, 2.75) is 18.8 Å². The van der Waals surface area contributed by atoms with E-state index >= 15 is 0 Å². The van der Waals surface area contributed by atoms with Crippen molar-refractivity contribution in [2.75, 3.05) is 22.5 Å². The molecule has 1 heterocycles. The van der Waals surface area contributed by atoms with Gasteiger partial charge in [0.25, 0.3) is 0 Å². The van der Waals surface area contributed by atoms with Crippen molar-refractivity contribution >= 4 is 29.1 Å². The van der Waals surface area contributed by atoms with Gasteiger partial charge in [-0.3, -0.25) is 15.2 Å². The molecule has 1 fully saturated rings. The molecule has 0 bridgehead atoms. The second-order valence-corrected chi connectivity index (χ2v) is 5.46. The molecular weight excluding hydrogens is 296 g/mol. The van der Waals surface area contributed by atoms with Gasteiger partial charge < -0.3 is 16.4 Å². The first kappa shape index (κ1) is 14.9. The van der Waals surface area contributed by atoms with E-state index in [0.29, 0.717) is 23.1 Å². The molecule has 3 rings (SSSR count). The van der Waals surface area contributed by atoms with E-state index < -0.39 is 5.91 Å². The monoisotopic (exact) mass is 314 g/mol. The van der Waals surface area contributed by atoms with Crippen LogP contribution in [0.4, 0.5) is 22.0 Å². The van der Waals surface area contributed by atoms with Crippen molar-refractivity contribution in [2.24, 2.45) is 5.73 Å². The van der Waals surface area contributed by atoms with Gasteiger partial charge in [-0.15, -0.1) is 0 Å². The van der Waals surface area contributed by atoms with E-state index in [0.717, 1.165) is 18.5 Å². The van der Waals surface area contributed by atoms with Crippen LogP contribution in [0.3, 0.4) is 0 Å². The summed E-state index contributed by atoms with van der Waals surface area (Å²) in [5.74, 6) is 0.636. The maximum atomic E-state index is 12.0. The number of nitrogens with two attached hydrogens (primary N) is 1. The lowest BCUT2D eigenvalue weighted by Gasteiger charge is -2.08. The Morgan fingerprint density at radius 1 is 1.22 bits per heavy atom. The predicted octanol–water partition coefficient (Wildman–Crippen LogP) is 1.83. The molecule has 0 unspecified atom stereocenters. The van der Waals surface area contributed by atoms with Gasteiger partial charge in [0.05, 0.1) is 12.2 Å². The smallest absolute Gasteiger partial charge is 0.324 e. The number of nitrogens with one attached hydrogen (secondary N) is 4. The Balaban J connectivity index is 1.56. The van der Waals surface area contributed by atoms with Gasteiger partial charge in [0.1, 0.15) is 5.82 Å². The van der Waals surface area contributed by atoms with Gasteiger partial charge in [-0.25, -0.2) is 4.79 Å². The van der Waals surface area contributed by atoms with E-state index in [4.69, 9.17) is 5.73 Å². The van der Waals surface area contributed by atoms with Gasteiger partial charge in [0.2, 0.25) is 5.91 Å². The summed E-state index contributed by atoms with van der Waals surface area (Å²) in [4.78, 5) is 22.8. The zero-order valence-electron chi connectivity index (χ0n) is 12.4. The van der Waals surface area contributed by atoms with Crippen LogP contribution < -0.4 is 21.7 Å². The summed E-state index contributed by atoms with van der Waals surface area (Å²) in [6.07, 6.45) is 2.31. The van der Waals surface area contributed by atoms with Crippen LogP contribution in [-0.2, 0) is 4.79 Å². The first-order valence-electron chi connectivity index (χ1n) is 7.36. The maximum absolute atomic E-state index is 12.0. The van der Waals surface area contributed by atoms with Crippen LogP contribution in [0.15, 0.2) is 30.3 Å². The number of aromatic nitrogens is 2. The number of carbonyl (C=O) groups excluding carboxylic acids is 2. The zero-order chi connectivity index (χ0) is 16.2. The molecule has 0 saturated heterocycles. The third kappa shape index (κ3) is 4.22. The molecular formula is C15H18N6O2. The molecule has 120 valence electrons. The minimum atomic E-state index is -0.452. The fraction of sp³-hybridized carbons (Fsp3) is 0.267.